The molecule has 2 fully saturated rings. The topological polar surface area (TPSA) is 35.5 Å². The van der Waals surface area contributed by atoms with E-state index in [0.717, 1.165) is 17.4 Å². The van der Waals surface area contributed by atoms with Crippen LogP contribution in [0.5, 0.6) is 0 Å². The highest BCUT2D eigenvalue weighted by Crippen LogP contribution is 2.55. The van der Waals surface area contributed by atoms with Crippen LogP contribution in [0.3, 0.4) is 0 Å². The molecule has 1 saturated carbocycles. The Morgan fingerprint density at radius 2 is 1.75 bits per heavy atom. The van der Waals surface area contributed by atoms with Crippen LogP contribution in [-0.2, 0) is 9.31 Å². The van der Waals surface area contributed by atoms with E-state index in [4.69, 9.17) is 9.31 Å². The molecule has 1 saturated heterocycles. The maximum atomic E-state index is 12.2. The van der Waals surface area contributed by atoms with E-state index in [9.17, 15) is 4.79 Å². The lowest BCUT2D eigenvalue weighted by molar-refractivity contribution is 0.00578. The summed E-state index contributed by atoms with van der Waals surface area (Å²) in [6.45, 7) is 8.23. The Morgan fingerprint density at radius 1 is 1.10 bits per heavy atom. The molecule has 4 rings (SSSR count). The van der Waals surface area contributed by atoms with Crippen LogP contribution in [0.1, 0.15) is 56.0 Å². The van der Waals surface area contributed by atoms with Crippen molar-refractivity contribution >= 4 is 18.4 Å². The van der Waals surface area contributed by atoms with Crippen LogP contribution in [0.2, 0.25) is 0 Å². The number of carbonyl (C=O) groups excluding carboxylic acids is 1. The van der Waals surface area contributed by atoms with Gasteiger partial charge in [-0.2, -0.15) is 0 Å². The third kappa shape index (κ3) is 1.47. The minimum absolute atomic E-state index is 0.230. The van der Waals surface area contributed by atoms with Crippen LogP contribution >= 0.6 is 0 Å². The van der Waals surface area contributed by atoms with Gasteiger partial charge in [0.25, 0.3) is 0 Å². The van der Waals surface area contributed by atoms with E-state index in [1.165, 1.54) is 5.56 Å². The highest BCUT2D eigenvalue weighted by Gasteiger charge is 2.57. The SMILES string of the molecule is CC1(C)OB(c2cccc3c2C2CC2C3=O)OC1(C)C. The van der Waals surface area contributed by atoms with Crippen molar-refractivity contribution in [3.05, 3.63) is 29.3 Å². The zero-order chi connectivity index (χ0) is 14.3. The second-order valence-electron chi connectivity index (χ2n) is 7.21. The maximum absolute atomic E-state index is 12.2. The first-order valence-electron chi connectivity index (χ1n) is 7.34. The normalized spacial score (nSPS) is 32.2. The Morgan fingerprint density at radius 3 is 2.40 bits per heavy atom. The summed E-state index contributed by atoms with van der Waals surface area (Å²) in [5.41, 5.74) is 2.44. The average Bonchev–Trinajstić information content (AvgIpc) is 3.05. The van der Waals surface area contributed by atoms with Gasteiger partial charge < -0.3 is 9.31 Å². The quantitative estimate of drug-likeness (QED) is 0.734. The van der Waals surface area contributed by atoms with Gasteiger partial charge in [-0.25, -0.2) is 0 Å². The second-order valence-corrected chi connectivity index (χ2v) is 7.21. The number of carbonyl (C=O) groups is 1. The summed E-state index contributed by atoms with van der Waals surface area (Å²) in [5.74, 6) is 0.949. The molecule has 0 N–H and O–H groups in total. The third-order valence-electron chi connectivity index (χ3n) is 5.41. The molecule has 0 aromatic heterocycles. The van der Waals surface area contributed by atoms with Crippen LogP contribution in [0, 0.1) is 5.92 Å². The monoisotopic (exact) mass is 270 g/mol. The van der Waals surface area contributed by atoms with Gasteiger partial charge in [-0.3, -0.25) is 4.79 Å². The van der Waals surface area contributed by atoms with Crippen molar-refractivity contribution in [1.82, 2.24) is 0 Å². The molecular weight excluding hydrogens is 251 g/mol. The summed E-state index contributed by atoms with van der Waals surface area (Å²) in [6, 6.07) is 5.94. The molecule has 0 amide bonds. The fourth-order valence-corrected chi connectivity index (χ4v) is 3.39. The van der Waals surface area contributed by atoms with Crippen LogP contribution in [0.25, 0.3) is 0 Å². The molecule has 0 radical (unpaired) electrons. The largest absolute Gasteiger partial charge is 0.495 e. The summed E-state index contributed by atoms with van der Waals surface area (Å²) in [5, 5.41) is 0. The highest BCUT2D eigenvalue weighted by molar-refractivity contribution is 6.63. The summed E-state index contributed by atoms with van der Waals surface area (Å²) in [7, 11) is -0.359. The molecule has 2 atom stereocenters. The lowest BCUT2D eigenvalue weighted by Gasteiger charge is -2.32. The predicted octanol–water partition coefficient (Wildman–Crippen LogP) is 2.29. The van der Waals surface area contributed by atoms with Crippen LogP contribution < -0.4 is 5.46 Å². The van der Waals surface area contributed by atoms with E-state index >= 15 is 0 Å². The predicted molar refractivity (Wildman–Crippen MR) is 77.3 cm³/mol. The third-order valence-corrected chi connectivity index (χ3v) is 5.41. The fourth-order valence-electron chi connectivity index (χ4n) is 3.39. The molecule has 2 aliphatic carbocycles. The molecule has 1 aliphatic heterocycles. The molecule has 1 heterocycles. The van der Waals surface area contributed by atoms with Crippen molar-refractivity contribution in [2.24, 2.45) is 5.92 Å². The summed E-state index contributed by atoms with van der Waals surface area (Å²) < 4.78 is 12.3. The van der Waals surface area contributed by atoms with Gasteiger partial charge in [-0.1, -0.05) is 18.2 Å². The Hall–Kier alpha value is -1.13. The lowest BCUT2D eigenvalue weighted by Crippen LogP contribution is -2.41. The lowest BCUT2D eigenvalue weighted by atomic mass is 9.74. The molecule has 1 aromatic rings. The first kappa shape index (κ1) is 12.6. The van der Waals surface area contributed by atoms with E-state index < -0.39 is 0 Å². The smallest absolute Gasteiger partial charge is 0.399 e. The van der Waals surface area contributed by atoms with Crippen LogP contribution in [0.15, 0.2) is 18.2 Å². The standard InChI is InChI=1S/C16H19BO3/c1-15(2)16(3,4)20-17(19-15)12-7-5-6-9-13(12)10-8-11(10)14(9)18/h5-7,10-11H,8H2,1-4H3. The Labute approximate surface area is 119 Å². The molecule has 104 valence electrons. The van der Waals surface area contributed by atoms with Gasteiger partial charge >= 0.3 is 7.12 Å². The van der Waals surface area contributed by atoms with Crippen molar-refractivity contribution < 1.29 is 14.1 Å². The number of fused-ring (bicyclic) bond motifs is 3. The van der Waals surface area contributed by atoms with Crippen molar-refractivity contribution in [2.75, 3.05) is 0 Å². The van der Waals surface area contributed by atoms with Gasteiger partial charge in [0.1, 0.15) is 0 Å². The second kappa shape index (κ2) is 3.55. The highest BCUT2D eigenvalue weighted by atomic mass is 16.7. The molecule has 3 nitrogen and oxygen atoms in total. The summed E-state index contributed by atoms with van der Waals surface area (Å²) in [6.07, 6.45) is 1.00. The van der Waals surface area contributed by atoms with Gasteiger partial charge in [0.15, 0.2) is 5.78 Å². The number of hydrogen-bond acceptors (Lipinski definition) is 3. The van der Waals surface area contributed by atoms with E-state index in [1.54, 1.807) is 0 Å². The van der Waals surface area contributed by atoms with Gasteiger partial charge in [0.2, 0.25) is 0 Å². The van der Waals surface area contributed by atoms with E-state index in [0.29, 0.717) is 11.7 Å². The molecule has 2 unspecified atom stereocenters. The zero-order valence-electron chi connectivity index (χ0n) is 12.4. The van der Waals surface area contributed by atoms with Gasteiger partial charge in [-0.15, -0.1) is 0 Å². The molecule has 0 spiro atoms. The van der Waals surface area contributed by atoms with E-state index in [2.05, 4.69) is 33.8 Å². The first-order chi connectivity index (χ1) is 9.32. The Balaban J connectivity index is 1.78. The van der Waals surface area contributed by atoms with E-state index in [-0.39, 0.29) is 24.2 Å². The number of benzene rings is 1. The zero-order valence-corrected chi connectivity index (χ0v) is 12.4. The summed E-state index contributed by atoms with van der Waals surface area (Å²) in [4.78, 5) is 12.2. The van der Waals surface area contributed by atoms with Crippen molar-refractivity contribution in [2.45, 2.75) is 51.2 Å². The van der Waals surface area contributed by atoms with Crippen molar-refractivity contribution in [3.8, 4) is 0 Å². The first-order valence-corrected chi connectivity index (χ1v) is 7.34. The molecule has 0 bridgehead atoms. The fraction of sp³-hybridized carbons (Fsp3) is 0.562. The number of Topliss-reactive ketones (excluding diaryl/α,β-unsaturated/α-hetero) is 1. The van der Waals surface area contributed by atoms with E-state index in [1.807, 2.05) is 12.1 Å². The molecule has 3 aliphatic rings. The van der Waals surface area contributed by atoms with Gasteiger partial charge in [0, 0.05) is 11.5 Å². The van der Waals surface area contributed by atoms with Crippen LogP contribution in [-0.4, -0.2) is 24.1 Å². The van der Waals surface area contributed by atoms with Crippen molar-refractivity contribution in [1.29, 1.82) is 0 Å². The Kier molecular flexibility index (Phi) is 2.24. The molecule has 20 heavy (non-hydrogen) atoms. The van der Waals surface area contributed by atoms with Crippen molar-refractivity contribution in [3.63, 3.8) is 0 Å². The Bertz CT molecular complexity index is 604. The number of rotatable bonds is 1. The van der Waals surface area contributed by atoms with Gasteiger partial charge in [0.05, 0.1) is 11.2 Å². The molecule has 1 aromatic carbocycles. The average molecular weight is 270 g/mol. The van der Waals surface area contributed by atoms with Gasteiger partial charge in [-0.05, 0) is 51.1 Å². The number of ketones is 1. The summed E-state index contributed by atoms with van der Waals surface area (Å²) >= 11 is 0. The minimum Gasteiger partial charge on any atom is -0.399 e. The maximum Gasteiger partial charge on any atom is 0.495 e. The number of hydrogen-bond donors (Lipinski definition) is 0. The molecular formula is C16H19BO3. The van der Waals surface area contributed by atoms with Crippen LogP contribution in [0.4, 0.5) is 0 Å². The molecule has 4 heteroatoms. The minimum atomic E-state index is -0.359.